The van der Waals surface area contributed by atoms with E-state index >= 15 is 0 Å². The first-order valence-electron chi connectivity index (χ1n) is 11.4. The number of ether oxygens (including phenoxy) is 1. The molecule has 1 aromatic heterocycles. The summed E-state index contributed by atoms with van der Waals surface area (Å²) in [7, 11) is 1.47. The third kappa shape index (κ3) is 6.02. The van der Waals surface area contributed by atoms with Gasteiger partial charge in [0.25, 0.3) is 5.91 Å². The molecule has 0 saturated carbocycles. The highest BCUT2D eigenvalue weighted by Gasteiger charge is 2.25. The molecule has 0 unspecified atom stereocenters. The van der Waals surface area contributed by atoms with E-state index in [0.29, 0.717) is 29.1 Å². The number of amidine groups is 1. The molecule has 0 spiro atoms. The lowest BCUT2D eigenvalue weighted by atomic mass is 9.98. The standard InChI is InChI=1S/C27H32N4O4/c1-7-21-17(2)12-19(13-20(21)15-32)22-8-9-24(28-22)30-26(34)23(16-35-6)29-25(33)18-10-11-31(14-18)27(3,4)5/h7-8,10-15,23H,1,9,16H2,2-6H3,(H,29,33)(H,28,30,34)/t23-/m0/s1. The van der Waals surface area contributed by atoms with Crippen molar-refractivity contribution in [3.05, 3.63) is 71.1 Å². The fourth-order valence-corrected chi connectivity index (χ4v) is 3.81. The SMILES string of the molecule is C=Cc1c(C)cc(C2=CCC(NC(=O)[C@H](COC)NC(=O)c3ccn(C(C)(C)C)c3)=N2)cc1C=O. The predicted molar refractivity (Wildman–Crippen MR) is 137 cm³/mol. The van der Waals surface area contributed by atoms with Crippen molar-refractivity contribution in [3.8, 4) is 0 Å². The van der Waals surface area contributed by atoms with Gasteiger partial charge in [0.15, 0.2) is 6.29 Å². The van der Waals surface area contributed by atoms with E-state index in [1.54, 1.807) is 24.4 Å². The van der Waals surface area contributed by atoms with E-state index in [-0.39, 0.29) is 18.1 Å². The maximum Gasteiger partial charge on any atom is 0.253 e. The second-order valence-electron chi connectivity index (χ2n) is 9.42. The molecule has 8 heteroatoms. The summed E-state index contributed by atoms with van der Waals surface area (Å²) in [5.74, 6) is -0.329. The number of nitrogens with one attached hydrogen (secondary N) is 2. The Morgan fingerprint density at radius 3 is 2.66 bits per heavy atom. The second-order valence-corrected chi connectivity index (χ2v) is 9.42. The fraction of sp³-hybridized carbons (Fsp3) is 0.333. The zero-order chi connectivity index (χ0) is 25.8. The topological polar surface area (TPSA) is 102 Å². The summed E-state index contributed by atoms with van der Waals surface area (Å²) >= 11 is 0. The van der Waals surface area contributed by atoms with Gasteiger partial charge in [-0.2, -0.15) is 0 Å². The molecule has 1 aliphatic heterocycles. The first kappa shape index (κ1) is 25.8. The van der Waals surface area contributed by atoms with Crippen LogP contribution in [0.4, 0.5) is 0 Å². The van der Waals surface area contributed by atoms with Crippen molar-refractivity contribution in [2.45, 2.75) is 45.7 Å². The lowest BCUT2D eigenvalue weighted by Crippen LogP contribution is -2.50. The van der Waals surface area contributed by atoms with Crippen molar-refractivity contribution in [1.82, 2.24) is 15.2 Å². The summed E-state index contributed by atoms with van der Waals surface area (Å²) < 4.78 is 7.10. The number of rotatable bonds is 8. The smallest absolute Gasteiger partial charge is 0.253 e. The van der Waals surface area contributed by atoms with Gasteiger partial charge in [-0.15, -0.1) is 0 Å². The van der Waals surface area contributed by atoms with Crippen LogP contribution in [0.25, 0.3) is 11.8 Å². The maximum atomic E-state index is 12.9. The minimum Gasteiger partial charge on any atom is -0.382 e. The molecule has 1 aliphatic rings. The van der Waals surface area contributed by atoms with E-state index in [2.05, 4.69) is 22.2 Å². The van der Waals surface area contributed by atoms with Crippen LogP contribution in [0.3, 0.4) is 0 Å². The molecule has 2 aromatic rings. The summed E-state index contributed by atoms with van der Waals surface area (Å²) in [5, 5.41) is 5.53. The number of amides is 2. The predicted octanol–water partition coefficient (Wildman–Crippen LogP) is 3.71. The first-order valence-corrected chi connectivity index (χ1v) is 11.4. The van der Waals surface area contributed by atoms with E-state index in [4.69, 9.17) is 4.74 Å². The molecule has 35 heavy (non-hydrogen) atoms. The number of aromatic nitrogens is 1. The van der Waals surface area contributed by atoms with Gasteiger partial charge in [-0.05, 0) is 57.0 Å². The fourth-order valence-electron chi connectivity index (χ4n) is 3.81. The van der Waals surface area contributed by atoms with Crippen LogP contribution in [0.15, 0.2) is 48.2 Å². The molecule has 3 rings (SSSR count). The first-order chi connectivity index (χ1) is 16.6. The molecular weight excluding hydrogens is 444 g/mol. The number of carbonyl (C=O) groups is 3. The van der Waals surface area contributed by atoms with Gasteiger partial charge < -0.3 is 19.9 Å². The molecule has 0 fully saturated rings. The average Bonchev–Trinajstić information content (AvgIpc) is 3.48. The van der Waals surface area contributed by atoms with Crippen molar-refractivity contribution < 1.29 is 19.1 Å². The molecule has 0 saturated heterocycles. The number of carbonyl (C=O) groups excluding carboxylic acids is 3. The Morgan fingerprint density at radius 2 is 2.06 bits per heavy atom. The number of hydrogen-bond acceptors (Lipinski definition) is 5. The van der Waals surface area contributed by atoms with Crippen LogP contribution >= 0.6 is 0 Å². The molecule has 2 amide bonds. The normalized spacial score (nSPS) is 14.1. The molecule has 1 atom stereocenters. The zero-order valence-electron chi connectivity index (χ0n) is 20.8. The van der Waals surface area contributed by atoms with Crippen molar-refractivity contribution in [2.75, 3.05) is 13.7 Å². The van der Waals surface area contributed by atoms with Crippen LogP contribution in [0, 0.1) is 6.92 Å². The van der Waals surface area contributed by atoms with E-state index in [9.17, 15) is 14.4 Å². The second kappa shape index (κ2) is 10.7. The quantitative estimate of drug-likeness (QED) is 0.567. The van der Waals surface area contributed by atoms with Crippen molar-refractivity contribution >= 4 is 35.7 Å². The van der Waals surface area contributed by atoms with Gasteiger partial charge in [0.05, 0.1) is 17.9 Å². The Labute approximate surface area is 205 Å². The van der Waals surface area contributed by atoms with Crippen LogP contribution in [-0.2, 0) is 15.1 Å². The van der Waals surface area contributed by atoms with E-state index < -0.39 is 11.9 Å². The summed E-state index contributed by atoms with van der Waals surface area (Å²) in [6.07, 6.45) is 8.33. The minimum absolute atomic E-state index is 0.00994. The van der Waals surface area contributed by atoms with Crippen LogP contribution in [0.1, 0.15) is 64.6 Å². The lowest BCUT2D eigenvalue weighted by molar-refractivity contribution is -0.122. The van der Waals surface area contributed by atoms with E-state index in [1.807, 2.05) is 50.6 Å². The monoisotopic (exact) mass is 476 g/mol. The Bertz CT molecular complexity index is 1210. The van der Waals surface area contributed by atoms with Crippen LogP contribution in [0.2, 0.25) is 0 Å². The van der Waals surface area contributed by atoms with Gasteiger partial charge in [-0.25, -0.2) is 4.99 Å². The van der Waals surface area contributed by atoms with Crippen molar-refractivity contribution in [1.29, 1.82) is 0 Å². The molecule has 0 radical (unpaired) electrons. The van der Waals surface area contributed by atoms with Crippen LogP contribution in [-0.4, -0.2) is 48.3 Å². The summed E-state index contributed by atoms with van der Waals surface area (Å²) in [6.45, 7) is 11.8. The Kier molecular flexibility index (Phi) is 7.86. The minimum atomic E-state index is -0.895. The van der Waals surface area contributed by atoms with Crippen molar-refractivity contribution in [3.63, 3.8) is 0 Å². The Morgan fingerprint density at radius 1 is 1.31 bits per heavy atom. The summed E-state index contributed by atoms with van der Waals surface area (Å²) in [5.41, 5.74) is 3.98. The molecule has 184 valence electrons. The number of methoxy groups -OCH3 is 1. The zero-order valence-corrected chi connectivity index (χ0v) is 20.8. The average molecular weight is 477 g/mol. The number of benzene rings is 1. The molecule has 2 heterocycles. The highest BCUT2D eigenvalue weighted by atomic mass is 16.5. The lowest BCUT2D eigenvalue weighted by Gasteiger charge is -2.21. The van der Waals surface area contributed by atoms with Gasteiger partial charge in [0, 0.05) is 42.6 Å². The number of hydrogen-bond donors (Lipinski definition) is 2. The molecule has 0 bridgehead atoms. The largest absolute Gasteiger partial charge is 0.382 e. The molecule has 0 aliphatic carbocycles. The summed E-state index contributed by atoms with van der Waals surface area (Å²) in [4.78, 5) is 41.7. The third-order valence-corrected chi connectivity index (χ3v) is 5.74. The molecule has 2 N–H and O–H groups in total. The van der Waals surface area contributed by atoms with Gasteiger partial charge in [0.2, 0.25) is 5.91 Å². The van der Waals surface area contributed by atoms with Gasteiger partial charge in [-0.1, -0.05) is 18.7 Å². The Hall–Kier alpha value is -3.78. The van der Waals surface area contributed by atoms with E-state index in [0.717, 1.165) is 23.0 Å². The van der Waals surface area contributed by atoms with Gasteiger partial charge >= 0.3 is 0 Å². The number of aliphatic imine (C=N–C) groups is 1. The number of nitrogens with zero attached hydrogens (tertiary/aromatic N) is 2. The third-order valence-electron chi connectivity index (χ3n) is 5.74. The van der Waals surface area contributed by atoms with Gasteiger partial charge in [-0.3, -0.25) is 14.4 Å². The van der Waals surface area contributed by atoms with Gasteiger partial charge in [0.1, 0.15) is 11.9 Å². The summed E-state index contributed by atoms with van der Waals surface area (Å²) in [6, 6.07) is 4.51. The van der Waals surface area contributed by atoms with E-state index in [1.165, 1.54) is 7.11 Å². The molecule has 1 aromatic carbocycles. The maximum absolute atomic E-state index is 12.9. The van der Waals surface area contributed by atoms with Crippen molar-refractivity contribution in [2.24, 2.45) is 4.99 Å². The Balaban J connectivity index is 1.71. The number of aryl methyl sites for hydroxylation is 1. The molecule has 8 nitrogen and oxygen atoms in total. The highest BCUT2D eigenvalue weighted by molar-refractivity contribution is 6.07. The number of aldehydes is 1. The molecular formula is C27H32N4O4. The van der Waals surface area contributed by atoms with Crippen LogP contribution in [0.5, 0.6) is 0 Å². The highest BCUT2D eigenvalue weighted by Crippen LogP contribution is 2.26. The van der Waals surface area contributed by atoms with Crippen LogP contribution < -0.4 is 10.6 Å².